The first-order valence-electron chi connectivity index (χ1n) is 11.0. The van der Waals surface area contributed by atoms with E-state index in [2.05, 4.69) is 32.7 Å². The lowest BCUT2D eigenvalue weighted by Gasteiger charge is -2.30. The zero-order valence-corrected chi connectivity index (χ0v) is 18.6. The van der Waals surface area contributed by atoms with Crippen LogP contribution in [0, 0.1) is 13.8 Å². The normalized spacial score (nSPS) is 17.1. The maximum absolute atomic E-state index is 13.1. The molecule has 8 nitrogen and oxygen atoms in total. The maximum Gasteiger partial charge on any atom is 0.258 e. The number of nitrogens with one attached hydrogen (secondary N) is 3. The van der Waals surface area contributed by atoms with Gasteiger partial charge in [0.05, 0.1) is 11.5 Å². The summed E-state index contributed by atoms with van der Waals surface area (Å²) in [6.45, 7) is 5.20. The van der Waals surface area contributed by atoms with E-state index in [1.54, 1.807) is 0 Å². The lowest BCUT2D eigenvalue weighted by molar-refractivity contribution is -0.123. The van der Waals surface area contributed by atoms with Gasteiger partial charge in [0.2, 0.25) is 17.8 Å². The van der Waals surface area contributed by atoms with Crippen molar-refractivity contribution in [2.24, 2.45) is 0 Å². The van der Waals surface area contributed by atoms with E-state index in [4.69, 9.17) is 0 Å². The van der Waals surface area contributed by atoms with E-state index in [-0.39, 0.29) is 23.7 Å². The molecule has 3 N–H and O–H groups in total. The summed E-state index contributed by atoms with van der Waals surface area (Å²) in [6.07, 6.45) is 0.731. The van der Waals surface area contributed by atoms with Crippen LogP contribution in [0.25, 0.3) is 0 Å². The minimum atomic E-state index is -0.915. The molecule has 2 aliphatic rings. The zero-order chi connectivity index (χ0) is 23.1. The van der Waals surface area contributed by atoms with Gasteiger partial charge in [0, 0.05) is 25.2 Å². The summed E-state index contributed by atoms with van der Waals surface area (Å²) < 4.78 is 0. The highest BCUT2D eigenvalue weighted by molar-refractivity contribution is 6.04. The minimum Gasteiger partial charge on any atom is -0.338 e. The second-order valence-electron chi connectivity index (χ2n) is 8.76. The number of rotatable bonds is 3. The molecule has 2 amide bonds. The Morgan fingerprint density at radius 3 is 2.58 bits per heavy atom. The van der Waals surface area contributed by atoms with Gasteiger partial charge in [-0.15, -0.1) is 0 Å². The minimum absolute atomic E-state index is 0.106. The summed E-state index contributed by atoms with van der Waals surface area (Å²) in [6, 6.07) is 13.9. The van der Waals surface area contributed by atoms with Crippen LogP contribution < -0.4 is 21.1 Å². The fraction of sp³-hybridized carbons (Fsp3) is 0.280. The molecule has 2 aromatic carbocycles. The molecule has 0 saturated carbocycles. The molecule has 0 spiro atoms. The van der Waals surface area contributed by atoms with E-state index < -0.39 is 17.4 Å². The number of fused-ring (bicyclic) bond motifs is 2. The summed E-state index contributed by atoms with van der Waals surface area (Å²) >= 11 is 0. The van der Waals surface area contributed by atoms with Crippen LogP contribution in [0.15, 0.2) is 47.3 Å². The largest absolute Gasteiger partial charge is 0.338 e. The molecular formula is C25H25N5O3. The molecule has 168 valence electrons. The monoisotopic (exact) mass is 443 g/mol. The molecule has 8 heteroatoms. The zero-order valence-electron chi connectivity index (χ0n) is 18.6. The fourth-order valence-corrected chi connectivity index (χ4v) is 4.69. The molecule has 0 saturated heterocycles. The first kappa shape index (κ1) is 20.9. The van der Waals surface area contributed by atoms with Crippen molar-refractivity contribution in [3.05, 3.63) is 80.6 Å². The number of carbonyl (C=O) groups is 2. The molecule has 2 aliphatic heterocycles. The van der Waals surface area contributed by atoms with E-state index in [0.717, 1.165) is 17.5 Å². The third-order valence-electron chi connectivity index (χ3n) is 6.17. The Kier molecular flexibility index (Phi) is 5.20. The number of amides is 2. The van der Waals surface area contributed by atoms with E-state index in [1.807, 2.05) is 49.1 Å². The highest BCUT2D eigenvalue weighted by Gasteiger charge is 2.35. The van der Waals surface area contributed by atoms with Crippen molar-refractivity contribution in [2.45, 2.75) is 39.2 Å². The van der Waals surface area contributed by atoms with Crippen LogP contribution in [-0.2, 0) is 22.6 Å². The van der Waals surface area contributed by atoms with Crippen LogP contribution in [0.5, 0.6) is 0 Å². The van der Waals surface area contributed by atoms with Gasteiger partial charge >= 0.3 is 0 Å². The topological polar surface area (TPSA) is 107 Å². The lowest BCUT2D eigenvalue weighted by Crippen LogP contribution is -2.38. The molecule has 3 aromatic rings. The molecular weight excluding hydrogens is 418 g/mol. The summed E-state index contributed by atoms with van der Waals surface area (Å²) in [5.41, 5.74) is 4.91. The predicted octanol–water partition coefficient (Wildman–Crippen LogP) is 3.01. The van der Waals surface area contributed by atoms with E-state index in [9.17, 15) is 14.4 Å². The van der Waals surface area contributed by atoms with Gasteiger partial charge in [0.1, 0.15) is 5.82 Å². The first-order chi connectivity index (χ1) is 15.9. The van der Waals surface area contributed by atoms with Crippen molar-refractivity contribution >= 4 is 29.3 Å². The Balaban J connectivity index is 1.45. The van der Waals surface area contributed by atoms with Crippen LogP contribution in [-0.4, -0.2) is 28.3 Å². The van der Waals surface area contributed by atoms with E-state index in [1.165, 1.54) is 11.1 Å². The summed E-state index contributed by atoms with van der Waals surface area (Å²) in [7, 11) is 0. The van der Waals surface area contributed by atoms with Crippen LogP contribution in [0.1, 0.15) is 40.2 Å². The summed E-state index contributed by atoms with van der Waals surface area (Å²) in [5.74, 6) is -1.10. The van der Waals surface area contributed by atoms with Gasteiger partial charge in [-0.3, -0.25) is 19.4 Å². The molecule has 5 rings (SSSR count). The highest BCUT2D eigenvalue weighted by atomic mass is 16.2. The van der Waals surface area contributed by atoms with Crippen molar-refractivity contribution in [3.8, 4) is 0 Å². The average molecular weight is 444 g/mol. The third kappa shape index (κ3) is 4.11. The maximum atomic E-state index is 13.1. The van der Waals surface area contributed by atoms with Crippen molar-refractivity contribution in [1.82, 2.24) is 9.97 Å². The van der Waals surface area contributed by atoms with Gasteiger partial charge in [0.15, 0.2) is 0 Å². The number of aryl methyl sites for hydroxylation is 2. The average Bonchev–Trinajstić information content (AvgIpc) is 2.77. The predicted molar refractivity (Wildman–Crippen MR) is 127 cm³/mol. The number of carbonyl (C=O) groups excluding carboxylic acids is 2. The molecule has 33 heavy (non-hydrogen) atoms. The molecule has 3 heterocycles. The number of aromatic nitrogens is 2. The Morgan fingerprint density at radius 1 is 1.09 bits per heavy atom. The molecule has 1 aromatic heterocycles. The highest BCUT2D eigenvalue weighted by Crippen LogP contribution is 2.31. The van der Waals surface area contributed by atoms with Crippen molar-refractivity contribution in [2.75, 3.05) is 22.1 Å². The van der Waals surface area contributed by atoms with Crippen molar-refractivity contribution in [3.63, 3.8) is 0 Å². The Hall–Kier alpha value is -3.94. The smallest absolute Gasteiger partial charge is 0.258 e. The number of hydrogen-bond acceptors (Lipinski definition) is 5. The number of benzene rings is 2. The SMILES string of the molecule is Cc1cc(C)cc(NC(=O)[C@@H]2CC(=O)Nc3nc(N4CCc5ccccc5C4)[nH]c(=O)c32)c1. The molecule has 0 fully saturated rings. The van der Waals surface area contributed by atoms with Crippen LogP contribution in [0.2, 0.25) is 0 Å². The van der Waals surface area contributed by atoms with E-state index >= 15 is 0 Å². The quantitative estimate of drug-likeness (QED) is 0.577. The summed E-state index contributed by atoms with van der Waals surface area (Å²) in [4.78, 5) is 48.0. The fourth-order valence-electron chi connectivity index (χ4n) is 4.69. The molecule has 0 aliphatic carbocycles. The Morgan fingerprint density at radius 2 is 1.82 bits per heavy atom. The Labute approximate surface area is 191 Å². The second kappa shape index (κ2) is 8.20. The van der Waals surface area contributed by atoms with Gasteiger partial charge in [0.25, 0.3) is 5.56 Å². The lowest BCUT2D eigenvalue weighted by atomic mass is 9.92. The number of anilines is 3. The van der Waals surface area contributed by atoms with Gasteiger partial charge in [-0.25, -0.2) is 0 Å². The third-order valence-corrected chi connectivity index (χ3v) is 6.17. The van der Waals surface area contributed by atoms with Crippen molar-refractivity contribution < 1.29 is 9.59 Å². The number of nitrogens with zero attached hydrogens (tertiary/aromatic N) is 2. The number of aromatic amines is 1. The van der Waals surface area contributed by atoms with Gasteiger partial charge in [-0.2, -0.15) is 4.98 Å². The second-order valence-corrected chi connectivity index (χ2v) is 8.76. The van der Waals surface area contributed by atoms with Gasteiger partial charge in [-0.05, 0) is 54.7 Å². The molecule has 1 atom stereocenters. The van der Waals surface area contributed by atoms with E-state index in [0.29, 0.717) is 24.7 Å². The van der Waals surface area contributed by atoms with Crippen LogP contribution in [0.4, 0.5) is 17.5 Å². The molecule has 0 unspecified atom stereocenters. The van der Waals surface area contributed by atoms with Gasteiger partial charge < -0.3 is 15.5 Å². The molecule has 0 bridgehead atoms. The number of H-pyrrole nitrogens is 1. The van der Waals surface area contributed by atoms with Crippen LogP contribution in [0.3, 0.4) is 0 Å². The standard InChI is InChI=1S/C25H25N5O3/c1-14-9-15(2)11-18(10-14)26-23(32)19-12-20(31)27-22-21(19)24(33)29-25(28-22)30-8-7-16-5-3-4-6-17(16)13-30/h3-6,9-11,19H,7-8,12-13H2,1-2H3,(H,26,32)(H2,27,28,29,31,33)/t19-/m1/s1. The first-order valence-corrected chi connectivity index (χ1v) is 11.0. The summed E-state index contributed by atoms with van der Waals surface area (Å²) in [5, 5.41) is 5.55. The van der Waals surface area contributed by atoms with Crippen molar-refractivity contribution in [1.29, 1.82) is 0 Å². The molecule has 0 radical (unpaired) electrons. The Bertz CT molecular complexity index is 1310. The van der Waals surface area contributed by atoms with Gasteiger partial charge in [-0.1, -0.05) is 30.3 Å². The van der Waals surface area contributed by atoms with Crippen LogP contribution >= 0.6 is 0 Å². The number of hydrogen-bond donors (Lipinski definition) is 3.